The van der Waals surface area contributed by atoms with Crippen LogP contribution in [0.3, 0.4) is 0 Å². The Morgan fingerprint density at radius 2 is 2.00 bits per heavy atom. The summed E-state index contributed by atoms with van der Waals surface area (Å²) in [7, 11) is 0. The van der Waals surface area contributed by atoms with Crippen molar-refractivity contribution in [2.45, 2.75) is 39.6 Å². The number of oxime groups is 1. The SMILES string of the molecule is CCOC(=O)C1=NO[C@H](OCC)[C@@H](OCC)C1. The predicted molar refractivity (Wildman–Crippen MR) is 60.6 cm³/mol. The summed E-state index contributed by atoms with van der Waals surface area (Å²) in [5.41, 5.74) is 0.237. The summed E-state index contributed by atoms with van der Waals surface area (Å²) >= 11 is 0. The summed E-state index contributed by atoms with van der Waals surface area (Å²) in [4.78, 5) is 16.6. The highest BCUT2D eigenvalue weighted by Crippen LogP contribution is 2.17. The molecule has 0 saturated heterocycles. The van der Waals surface area contributed by atoms with Crippen LogP contribution in [-0.2, 0) is 23.8 Å². The predicted octanol–water partition coefficient (Wildman–Crippen LogP) is 1.09. The number of rotatable bonds is 6. The van der Waals surface area contributed by atoms with E-state index in [9.17, 15) is 4.79 Å². The number of esters is 1. The van der Waals surface area contributed by atoms with E-state index >= 15 is 0 Å². The van der Waals surface area contributed by atoms with Gasteiger partial charge in [0.25, 0.3) is 6.29 Å². The highest BCUT2D eigenvalue weighted by Gasteiger charge is 2.33. The second-order valence-electron chi connectivity index (χ2n) is 3.39. The number of ether oxygens (including phenoxy) is 3. The van der Waals surface area contributed by atoms with Crippen molar-refractivity contribution < 1.29 is 23.8 Å². The van der Waals surface area contributed by atoms with Gasteiger partial charge < -0.3 is 19.0 Å². The molecule has 0 aromatic carbocycles. The Morgan fingerprint density at radius 3 is 2.59 bits per heavy atom. The monoisotopic (exact) mass is 245 g/mol. The van der Waals surface area contributed by atoms with E-state index in [1.165, 1.54) is 0 Å². The fraction of sp³-hybridized carbons (Fsp3) is 0.818. The summed E-state index contributed by atoms with van der Waals surface area (Å²) in [6.45, 7) is 6.80. The summed E-state index contributed by atoms with van der Waals surface area (Å²) in [6, 6.07) is 0. The van der Waals surface area contributed by atoms with Crippen LogP contribution in [0.2, 0.25) is 0 Å². The molecule has 0 fully saturated rings. The van der Waals surface area contributed by atoms with Crippen molar-refractivity contribution in [3.8, 4) is 0 Å². The zero-order valence-electron chi connectivity index (χ0n) is 10.5. The summed E-state index contributed by atoms with van der Waals surface area (Å²) in [5.74, 6) is -0.466. The van der Waals surface area contributed by atoms with E-state index < -0.39 is 12.3 Å². The molecule has 0 amide bonds. The first-order valence-corrected chi connectivity index (χ1v) is 5.85. The van der Waals surface area contributed by atoms with Gasteiger partial charge in [0.1, 0.15) is 6.10 Å². The van der Waals surface area contributed by atoms with Gasteiger partial charge in [0.2, 0.25) is 0 Å². The van der Waals surface area contributed by atoms with Crippen LogP contribution in [0.1, 0.15) is 27.2 Å². The molecule has 1 rings (SSSR count). The molecule has 0 N–H and O–H groups in total. The Balaban J connectivity index is 2.63. The van der Waals surface area contributed by atoms with E-state index in [2.05, 4.69) is 5.16 Å². The Hall–Kier alpha value is -1.14. The summed E-state index contributed by atoms with van der Waals surface area (Å²) in [5, 5.41) is 3.72. The number of hydrogen-bond donors (Lipinski definition) is 0. The molecule has 0 bridgehead atoms. The van der Waals surface area contributed by atoms with Gasteiger partial charge in [-0.1, -0.05) is 5.16 Å². The van der Waals surface area contributed by atoms with Crippen LogP contribution < -0.4 is 0 Å². The highest BCUT2D eigenvalue weighted by atomic mass is 16.8. The zero-order valence-corrected chi connectivity index (χ0v) is 10.5. The Labute approximate surface area is 101 Å². The molecular weight excluding hydrogens is 226 g/mol. The molecule has 6 heteroatoms. The molecule has 0 radical (unpaired) electrons. The molecule has 0 aromatic rings. The van der Waals surface area contributed by atoms with E-state index in [1.54, 1.807) is 6.92 Å². The molecule has 6 nitrogen and oxygen atoms in total. The second kappa shape index (κ2) is 7.24. The van der Waals surface area contributed by atoms with Crippen LogP contribution in [0.25, 0.3) is 0 Å². The van der Waals surface area contributed by atoms with Crippen molar-refractivity contribution in [2.24, 2.45) is 5.16 Å². The first kappa shape index (κ1) is 13.9. The van der Waals surface area contributed by atoms with Crippen molar-refractivity contribution in [1.82, 2.24) is 0 Å². The van der Waals surface area contributed by atoms with Crippen molar-refractivity contribution in [1.29, 1.82) is 0 Å². The molecule has 1 heterocycles. The maximum Gasteiger partial charge on any atom is 0.356 e. The third-order valence-corrected chi connectivity index (χ3v) is 2.19. The smallest absolute Gasteiger partial charge is 0.356 e. The maximum absolute atomic E-state index is 11.5. The van der Waals surface area contributed by atoms with Gasteiger partial charge in [0, 0.05) is 19.6 Å². The van der Waals surface area contributed by atoms with Crippen molar-refractivity contribution in [3.63, 3.8) is 0 Å². The van der Waals surface area contributed by atoms with Gasteiger partial charge in [0.05, 0.1) is 6.61 Å². The van der Waals surface area contributed by atoms with E-state index in [1.807, 2.05) is 13.8 Å². The quantitative estimate of drug-likeness (QED) is 0.655. The number of carbonyl (C=O) groups is 1. The van der Waals surface area contributed by atoms with Crippen molar-refractivity contribution >= 4 is 11.7 Å². The fourth-order valence-corrected chi connectivity index (χ4v) is 1.50. The zero-order chi connectivity index (χ0) is 12.7. The molecule has 98 valence electrons. The Kier molecular flexibility index (Phi) is 5.93. The lowest BCUT2D eigenvalue weighted by Crippen LogP contribution is -2.40. The topological polar surface area (TPSA) is 66.4 Å². The molecule has 0 saturated carbocycles. The van der Waals surface area contributed by atoms with Gasteiger partial charge in [-0.3, -0.25) is 0 Å². The lowest BCUT2D eigenvalue weighted by atomic mass is 10.1. The number of nitrogens with zero attached hydrogens (tertiary/aromatic N) is 1. The summed E-state index contributed by atoms with van der Waals surface area (Å²) < 4.78 is 15.7. The minimum Gasteiger partial charge on any atom is -0.461 e. The van der Waals surface area contributed by atoms with Crippen LogP contribution in [0.4, 0.5) is 0 Å². The molecule has 0 unspecified atom stereocenters. The lowest BCUT2D eigenvalue weighted by molar-refractivity contribution is -0.210. The fourth-order valence-electron chi connectivity index (χ4n) is 1.50. The van der Waals surface area contributed by atoms with Crippen LogP contribution in [-0.4, -0.2) is 43.9 Å². The van der Waals surface area contributed by atoms with Gasteiger partial charge in [0.15, 0.2) is 5.71 Å². The molecule has 0 spiro atoms. The molecule has 17 heavy (non-hydrogen) atoms. The standard InChI is InChI=1S/C11H19NO5/c1-4-14-9-7-8(10(13)15-5-2)12-17-11(9)16-6-3/h9,11H,4-7H2,1-3H3/t9-,11-/m0/s1. The number of hydrogen-bond acceptors (Lipinski definition) is 6. The first-order valence-electron chi connectivity index (χ1n) is 5.85. The average Bonchev–Trinajstić information content (AvgIpc) is 2.32. The number of carbonyl (C=O) groups excluding carboxylic acids is 1. The second-order valence-corrected chi connectivity index (χ2v) is 3.39. The minimum atomic E-state index is -0.557. The van der Waals surface area contributed by atoms with Crippen LogP contribution >= 0.6 is 0 Å². The maximum atomic E-state index is 11.5. The van der Waals surface area contributed by atoms with Gasteiger partial charge in [-0.2, -0.15) is 0 Å². The normalized spacial score (nSPS) is 23.8. The Bertz CT molecular complexity index is 279. The third-order valence-electron chi connectivity index (χ3n) is 2.19. The van der Waals surface area contributed by atoms with Crippen LogP contribution in [0, 0.1) is 0 Å². The molecule has 1 aliphatic rings. The van der Waals surface area contributed by atoms with Crippen molar-refractivity contribution in [3.05, 3.63) is 0 Å². The van der Waals surface area contributed by atoms with E-state index in [4.69, 9.17) is 19.0 Å². The lowest BCUT2D eigenvalue weighted by Gasteiger charge is -2.28. The largest absolute Gasteiger partial charge is 0.461 e. The third kappa shape index (κ3) is 3.98. The molecule has 0 aliphatic carbocycles. The van der Waals surface area contributed by atoms with Gasteiger partial charge in [-0.15, -0.1) is 0 Å². The van der Waals surface area contributed by atoms with Crippen LogP contribution in [0.15, 0.2) is 5.16 Å². The molecule has 0 aromatic heterocycles. The van der Waals surface area contributed by atoms with Gasteiger partial charge in [-0.05, 0) is 20.8 Å². The minimum absolute atomic E-state index is 0.237. The van der Waals surface area contributed by atoms with Crippen LogP contribution in [0.5, 0.6) is 0 Å². The molecule has 2 atom stereocenters. The van der Waals surface area contributed by atoms with Gasteiger partial charge in [-0.25, -0.2) is 4.79 Å². The average molecular weight is 245 g/mol. The first-order chi connectivity index (χ1) is 8.22. The van der Waals surface area contributed by atoms with Crippen molar-refractivity contribution in [2.75, 3.05) is 19.8 Å². The highest BCUT2D eigenvalue weighted by molar-refractivity contribution is 6.36. The van der Waals surface area contributed by atoms with E-state index in [0.29, 0.717) is 26.2 Å². The summed E-state index contributed by atoms with van der Waals surface area (Å²) in [6.07, 6.45) is -0.535. The van der Waals surface area contributed by atoms with E-state index in [-0.39, 0.29) is 11.8 Å². The van der Waals surface area contributed by atoms with E-state index in [0.717, 1.165) is 0 Å². The molecule has 1 aliphatic heterocycles. The van der Waals surface area contributed by atoms with Gasteiger partial charge >= 0.3 is 5.97 Å². The molecular formula is C11H19NO5. The Morgan fingerprint density at radius 1 is 1.29 bits per heavy atom.